The van der Waals surface area contributed by atoms with Crippen LogP contribution in [-0.2, 0) is 6.42 Å². The maximum Gasteiger partial charge on any atom is 0.326 e. The number of carbonyl (C=O) groups is 1. The molecule has 7 nitrogen and oxygen atoms in total. The Morgan fingerprint density at radius 1 is 1.04 bits per heavy atom. The summed E-state index contributed by atoms with van der Waals surface area (Å²) in [6, 6.07) is 14.8. The number of hydrogen-bond donors (Lipinski definition) is 3. The first-order chi connectivity index (χ1) is 13.6. The fourth-order valence-corrected chi connectivity index (χ4v) is 3.22. The van der Waals surface area contributed by atoms with Crippen molar-refractivity contribution in [2.45, 2.75) is 20.3 Å². The number of urea groups is 1. The second-order valence-electron chi connectivity index (χ2n) is 6.10. The third-order valence-electron chi connectivity index (χ3n) is 3.68. The van der Waals surface area contributed by atoms with Gasteiger partial charge in [-0.1, -0.05) is 24.3 Å². The number of rotatable bonds is 5. The van der Waals surface area contributed by atoms with Gasteiger partial charge in [0.2, 0.25) is 11.9 Å². The predicted octanol–water partition coefficient (Wildman–Crippen LogP) is 3.99. The molecular formula is C20H22N6OS. The molecule has 2 amide bonds. The highest BCUT2D eigenvalue weighted by Gasteiger charge is 2.09. The fourth-order valence-electron chi connectivity index (χ4n) is 2.52. The van der Waals surface area contributed by atoms with Crippen LogP contribution in [0.3, 0.4) is 0 Å². The maximum absolute atomic E-state index is 12.4. The van der Waals surface area contributed by atoms with Crippen molar-refractivity contribution < 1.29 is 4.79 Å². The van der Waals surface area contributed by atoms with E-state index in [0.29, 0.717) is 24.1 Å². The number of para-hydroxylation sites is 1. The molecule has 1 aromatic carbocycles. The molecule has 3 N–H and O–H groups in total. The van der Waals surface area contributed by atoms with Crippen molar-refractivity contribution in [3.63, 3.8) is 0 Å². The van der Waals surface area contributed by atoms with Crippen LogP contribution in [0.4, 0.5) is 16.4 Å². The summed E-state index contributed by atoms with van der Waals surface area (Å²) >= 11 is 1.68. The van der Waals surface area contributed by atoms with Crippen LogP contribution in [0.15, 0.2) is 58.9 Å². The average molecular weight is 395 g/mol. The Balaban J connectivity index is 1.70. The van der Waals surface area contributed by atoms with Crippen LogP contribution in [0.1, 0.15) is 16.3 Å². The van der Waals surface area contributed by atoms with E-state index in [9.17, 15) is 4.79 Å². The second kappa shape index (κ2) is 9.61. The summed E-state index contributed by atoms with van der Waals surface area (Å²) in [7, 11) is 0. The minimum atomic E-state index is -0.391. The predicted molar refractivity (Wildman–Crippen MR) is 114 cm³/mol. The SMILES string of the molecule is Cc1cc(C)nc(NC(=NCCc2cccs2)NC(=O)Nc2ccccc2)n1. The molecule has 0 radical (unpaired) electrons. The van der Waals surface area contributed by atoms with E-state index in [4.69, 9.17) is 0 Å². The number of thiophene rings is 1. The van der Waals surface area contributed by atoms with Gasteiger partial charge in [-0.05, 0) is 43.5 Å². The summed E-state index contributed by atoms with van der Waals surface area (Å²) < 4.78 is 0. The van der Waals surface area contributed by atoms with Gasteiger partial charge in [-0.15, -0.1) is 11.3 Å². The summed E-state index contributed by atoms with van der Waals surface area (Å²) in [4.78, 5) is 26.8. The van der Waals surface area contributed by atoms with Crippen LogP contribution in [0.2, 0.25) is 0 Å². The molecule has 0 saturated heterocycles. The number of nitrogens with one attached hydrogen (secondary N) is 3. The molecule has 0 bridgehead atoms. The summed E-state index contributed by atoms with van der Waals surface area (Å²) in [5.41, 5.74) is 2.36. The molecule has 144 valence electrons. The van der Waals surface area contributed by atoms with E-state index >= 15 is 0 Å². The van der Waals surface area contributed by atoms with E-state index in [2.05, 4.69) is 37.0 Å². The highest BCUT2D eigenvalue weighted by Crippen LogP contribution is 2.09. The molecule has 0 aliphatic carbocycles. The number of aryl methyl sites for hydroxylation is 2. The zero-order valence-corrected chi connectivity index (χ0v) is 16.6. The van der Waals surface area contributed by atoms with Gasteiger partial charge in [0.15, 0.2) is 0 Å². The molecule has 0 fully saturated rings. The quantitative estimate of drug-likeness (QED) is 0.451. The molecule has 0 atom stereocenters. The van der Waals surface area contributed by atoms with E-state index in [1.54, 1.807) is 11.3 Å². The van der Waals surface area contributed by atoms with Crippen LogP contribution >= 0.6 is 11.3 Å². The number of amides is 2. The molecule has 28 heavy (non-hydrogen) atoms. The monoisotopic (exact) mass is 394 g/mol. The van der Waals surface area contributed by atoms with Crippen LogP contribution in [0, 0.1) is 13.8 Å². The molecule has 2 aromatic heterocycles. The van der Waals surface area contributed by atoms with Gasteiger partial charge in [0, 0.05) is 34.9 Å². The number of aliphatic imine (C=N–C) groups is 1. The van der Waals surface area contributed by atoms with Gasteiger partial charge >= 0.3 is 6.03 Å². The number of nitrogens with zero attached hydrogens (tertiary/aromatic N) is 3. The lowest BCUT2D eigenvalue weighted by Crippen LogP contribution is -2.39. The van der Waals surface area contributed by atoms with E-state index < -0.39 is 6.03 Å². The highest BCUT2D eigenvalue weighted by molar-refractivity contribution is 7.09. The molecule has 0 spiro atoms. The molecule has 3 rings (SSSR count). The number of hydrogen-bond acceptors (Lipinski definition) is 5. The van der Waals surface area contributed by atoms with Crippen LogP contribution in [-0.4, -0.2) is 28.5 Å². The third-order valence-corrected chi connectivity index (χ3v) is 4.62. The van der Waals surface area contributed by atoms with Gasteiger partial charge in [0.05, 0.1) is 0 Å². The van der Waals surface area contributed by atoms with E-state index in [-0.39, 0.29) is 0 Å². The van der Waals surface area contributed by atoms with Gasteiger partial charge in [0.1, 0.15) is 0 Å². The molecule has 8 heteroatoms. The minimum absolute atomic E-state index is 0.301. The number of carbonyl (C=O) groups excluding carboxylic acids is 1. The Labute approximate surface area is 168 Å². The normalized spacial score (nSPS) is 11.1. The molecule has 0 aliphatic heterocycles. The summed E-state index contributed by atoms with van der Waals surface area (Å²) in [6.07, 6.45) is 0.790. The van der Waals surface area contributed by atoms with Crippen molar-refractivity contribution in [3.8, 4) is 0 Å². The van der Waals surface area contributed by atoms with Gasteiger partial charge in [-0.3, -0.25) is 15.6 Å². The second-order valence-corrected chi connectivity index (χ2v) is 7.14. The number of aromatic nitrogens is 2. The zero-order chi connectivity index (χ0) is 19.8. The van der Waals surface area contributed by atoms with Crippen molar-refractivity contribution in [2.24, 2.45) is 4.99 Å². The topological polar surface area (TPSA) is 91.3 Å². The minimum Gasteiger partial charge on any atom is -0.308 e. The van der Waals surface area contributed by atoms with Crippen LogP contribution < -0.4 is 16.0 Å². The average Bonchev–Trinajstić information content (AvgIpc) is 3.15. The van der Waals surface area contributed by atoms with Crippen molar-refractivity contribution in [1.29, 1.82) is 0 Å². The Morgan fingerprint density at radius 2 is 1.79 bits per heavy atom. The Bertz CT molecular complexity index is 920. The largest absolute Gasteiger partial charge is 0.326 e. The molecule has 0 aliphatic rings. The van der Waals surface area contributed by atoms with E-state index in [1.165, 1.54) is 4.88 Å². The van der Waals surface area contributed by atoms with Crippen LogP contribution in [0.25, 0.3) is 0 Å². The highest BCUT2D eigenvalue weighted by atomic mass is 32.1. The van der Waals surface area contributed by atoms with E-state index in [1.807, 2.05) is 61.7 Å². The number of benzene rings is 1. The van der Waals surface area contributed by atoms with Crippen molar-refractivity contribution in [1.82, 2.24) is 15.3 Å². The summed E-state index contributed by atoms with van der Waals surface area (Å²) in [5, 5.41) is 10.6. The molecular weight excluding hydrogens is 372 g/mol. The van der Waals surface area contributed by atoms with Crippen molar-refractivity contribution in [2.75, 3.05) is 17.2 Å². The lowest BCUT2D eigenvalue weighted by molar-refractivity contribution is 0.256. The molecule has 0 saturated carbocycles. The first-order valence-electron chi connectivity index (χ1n) is 8.88. The lowest BCUT2D eigenvalue weighted by Gasteiger charge is -2.12. The van der Waals surface area contributed by atoms with Gasteiger partial charge in [-0.2, -0.15) is 0 Å². The van der Waals surface area contributed by atoms with Crippen LogP contribution in [0.5, 0.6) is 0 Å². The first kappa shape index (κ1) is 19.5. The Kier molecular flexibility index (Phi) is 6.69. The van der Waals surface area contributed by atoms with Gasteiger partial charge < -0.3 is 5.32 Å². The van der Waals surface area contributed by atoms with Crippen molar-refractivity contribution in [3.05, 3.63) is 70.2 Å². The molecule has 2 heterocycles. The molecule has 3 aromatic rings. The summed E-state index contributed by atoms with van der Waals surface area (Å²) in [5.74, 6) is 0.697. The van der Waals surface area contributed by atoms with Crippen molar-refractivity contribution >= 4 is 35.0 Å². The zero-order valence-electron chi connectivity index (χ0n) is 15.8. The Hall–Kier alpha value is -3.26. The standard InChI is InChI=1S/C20H22N6OS/c1-14-13-15(2)23-19(22-14)25-18(21-11-10-17-9-6-12-28-17)26-20(27)24-16-7-4-3-5-8-16/h3-9,12-13H,10-11H2,1-2H3,(H3,21,22,23,24,25,26,27). The first-order valence-corrected chi connectivity index (χ1v) is 9.75. The Morgan fingerprint density at radius 3 is 2.46 bits per heavy atom. The lowest BCUT2D eigenvalue weighted by atomic mass is 10.3. The summed E-state index contributed by atoms with van der Waals surface area (Å²) in [6.45, 7) is 4.31. The fraction of sp³-hybridized carbons (Fsp3) is 0.200. The maximum atomic E-state index is 12.4. The smallest absolute Gasteiger partial charge is 0.308 e. The van der Waals surface area contributed by atoms with Gasteiger partial charge in [0.25, 0.3) is 0 Å². The number of anilines is 2. The number of guanidine groups is 1. The molecule has 0 unspecified atom stereocenters. The van der Waals surface area contributed by atoms with Gasteiger partial charge in [-0.25, -0.2) is 14.8 Å². The van der Waals surface area contributed by atoms with E-state index in [0.717, 1.165) is 17.8 Å². The third kappa shape index (κ3) is 6.17.